The number of hydrogen-bond donors (Lipinski definition) is 2. The Bertz CT molecular complexity index is 207. The van der Waals surface area contributed by atoms with Gasteiger partial charge in [0, 0.05) is 25.7 Å². The molecule has 0 aromatic carbocycles. The first-order valence-corrected chi connectivity index (χ1v) is 5.74. The Morgan fingerprint density at radius 1 is 1.47 bits per heavy atom. The van der Waals surface area contributed by atoms with E-state index >= 15 is 0 Å². The summed E-state index contributed by atoms with van der Waals surface area (Å²) in [5.74, 6) is 0.176. The summed E-state index contributed by atoms with van der Waals surface area (Å²) in [7, 11) is 0. The van der Waals surface area contributed by atoms with Crippen molar-refractivity contribution in [2.75, 3.05) is 19.7 Å². The van der Waals surface area contributed by atoms with E-state index in [1.807, 2.05) is 6.92 Å². The lowest BCUT2D eigenvalue weighted by Crippen LogP contribution is -2.39. The maximum atomic E-state index is 11.7. The van der Waals surface area contributed by atoms with Gasteiger partial charge in [0.15, 0.2) is 0 Å². The zero-order valence-corrected chi connectivity index (χ0v) is 9.88. The topological polar surface area (TPSA) is 50.4 Å². The third kappa shape index (κ3) is 4.18. The highest BCUT2D eigenvalue weighted by molar-refractivity contribution is 5.79. The standard InChI is InChI=1S/C11H22N2O2/c1-8(2)12-5-6-13-11(14)10-4-7-15-9(10)3/h8-10,12H,4-7H2,1-3H3,(H,13,14). The molecule has 0 spiro atoms. The minimum Gasteiger partial charge on any atom is -0.378 e. The molecule has 1 amide bonds. The SMILES string of the molecule is CC(C)NCCNC(=O)C1CCOC1C. The number of nitrogens with one attached hydrogen (secondary N) is 2. The molecule has 1 heterocycles. The molecule has 4 heteroatoms. The van der Waals surface area contributed by atoms with Crippen molar-refractivity contribution in [3.05, 3.63) is 0 Å². The van der Waals surface area contributed by atoms with Gasteiger partial charge >= 0.3 is 0 Å². The Morgan fingerprint density at radius 3 is 2.73 bits per heavy atom. The first-order chi connectivity index (χ1) is 7.11. The van der Waals surface area contributed by atoms with E-state index < -0.39 is 0 Å². The highest BCUT2D eigenvalue weighted by atomic mass is 16.5. The maximum absolute atomic E-state index is 11.7. The van der Waals surface area contributed by atoms with Crippen LogP contribution in [0, 0.1) is 5.92 Å². The zero-order valence-electron chi connectivity index (χ0n) is 9.88. The fourth-order valence-corrected chi connectivity index (χ4v) is 1.75. The van der Waals surface area contributed by atoms with E-state index in [1.54, 1.807) is 0 Å². The summed E-state index contributed by atoms with van der Waals surface area (Å²) < 4.78 is 5.35. The van der Waals surface area contributed by atoms with Crippen molar-refractivity contribution in [2.24, 2.45) is 5.92 Å². The van der Waals surface area contributed by atoms with Crippen LogP contribution >= 0.6 is 0 Å². The average molecular weight is 214 g/mol. The van der Waals surface area contributed by atoms with E-state index in [1.165, 1.54) is 0 Å². The molecular formula is C11H22N2O2. The number of hydrogen-bond acceptors (Lipinski definition) is 3. The fourth-order valence-electron chi connectivity index (χ4n) is 1.75. The quantitative estimate of drug-likeness (QED) is 0.656. The van der Waals surface area contributed by atoms with Crippen LogP contribution in [-0.2, 0) is 9.53 Å². The molecule has 2 atom stereocenters. The van der Waals surface area contributed by atoms with E-state index in [-0.39, 0.29) is 17.9 Å². The Kier molecular flexibility index (Phi) is 5.05. The van der Waals surface area contributed by atoms with Crippen LogP contribution in [0.2, 0.25) is 0 Å². The number of carbonyl (C=O) groups is 1. The maximum Gasteiger partial charge on any atom is 0.225 e. The lowest BCUT2D eigenvalue weighted by atomic mass is 10.0. The van der Waals surface area contributed by atoms with Gasteiger partial charge in [0.2, 0.25) is 5.91 Å². The Hall–Kier alpha value is -0.610. The molecule has 0 aliphatic carbocycles. The second kappa shape index (κ2) is 6.08. The molecule has 88 valence electrons. The van der Waals surface area contributed by atoms with E-state index in [9.17, 15) is 4.79 Å². The minimum atomic E-state index is 0.0454. The summed E-state index contributed by atoms with van der Waals surface area (Å²) in [5, 5.41) is 6.19. The van der Waals surface area contributed by atoms with Crippen molar-refractivity contribution in [1.82, 2.24) is 10.6 Å². The van der Waals surface area contributed by atoms with Gasteiger partial charge in [-0.2, -0.15) is 0 Å². The molecular weight excluding hydrogens is 192 g/mol. The monoisotopic (exact) mass is 214 g/mol. The van der Waals surface area contributed by atoms with Crippen molar-refractivity contribution in [3.63, 3.8) is 0 Å². The number of rotatable bonds is 5. The summed E-state index contributed by atoms with van der Waals surface area (Å²) in [6.07, 6.45) is 0.924. The Labute approximate surface area is 91.8 Å². The van der Waals surface area contributed by atoms with Crippen LogP contribution in [0.25, 0.3) is 0 Å². The van der Waals surface area contributed by atoms with E-state index in [0.717, 1.165) is 13.0 Å². The highest BCUT2D eigenvalue weighted by Gasteiger charge is 2.30. The van der Waals surface area contributed by atoms with Crippen LogP contribution in [0.4, 0.5) is 0 Å². The van der Waals surface area contributed by atoms with Crippen molar-refractivity contribution < 1.29 is 9.53 Å². The molecule has 1 aliphatic rings. The predicted molar refractivity (Wildman–Crippen MR) is 59.7 cm³/mol. The average Bonchev–Trinajstić information content (AvgIpc) is 2.58. The second-order valence-electron chi connectivity index (χ2n) is 4.37. The van der Waals surface area contributed by atoms with Crippen molar-refractivity contribution >= 4 is 5.91 Å². The van der Waals surface area contributed by atoms with Gasteiger partial charge in [0.25, 0.3) is 0 Å². The van der Waals surface area contributed by atoms with E-state index in [0.29, 0.717) is 19.2 Å². The van der Waals surface area contributed by atoms with E-state index in [4.69, 9.17) is 4.74 Å². The van der Waals surface area contributed by atoms with Crippen LogP contribution in [0.15, 0.2) is 0 Å². The summed E-state index contributed by atoms with van der Waals surface area (Å²) in [4.78, 5) is 11.7. The third-order valence-corrected chi connectivity index (χ3v) is 2.69. The molecule has 4 nitrogen and oxygen atoms in total. The van der Waals surface area contributed by atoms with Crippen LogP contribution in [-0.4, -0.2) is 37.7 Å². The number of carbonyl (C=O) groups excluding carboxylic acids is 1. The first kappa shape index (κ1) is 12.5. The summed E-state index contributed by atoms with van der Waals surface area (Å²) in [5.41, 5.74) is 0. The highest BCUT2D eigenvalue weighted by Crippen LogP contribution is 2.19. The van der Waals surface area contributed by atoms with E-state index in [2.05, 4.69) is 24.5 Å². The molecule has 2 unspecified atom stereocenters. The third-order valence-electron chi connectivity index (χ3n) is 2.69. The first-order valence-electron chi connectivity index (χ1n) is 5.74. The van der Waals surface area contributed by atoms with Gasteiger partial charge in [-0.25, -0.2) is 0 Å². The van der Waals surface area contributed by atoms with Crippen molar-refractivity contribution in [2.45, 2.75) is 39.3 Å². The Morgan fingerprint density at radius 2 is 2.20 bits per heavy atom. The van der Waals surface area contributed by atoms with Crippen molar-refractivity contribution in [1.29, 1.82) is 0 Å². The molecule has 1 aliphatic heterocycles. The van der Waals surface area contributed by atoms with Crippen LogP contribution in [0.5, 0.6) is 0 Å². The molecule has 1 fully saturated rings. The number of amides is 1. The molecule has 15 heavy (non-hydrogen) atoms. The zero-order chi connectivity index (χ0) is 11.3. The summed E-state index contributed by atoms with van der Waals surface area (Å²) in [6, 6.07) is 0.468. The van der Waals surface area contributed by atoms with Gasteiger partial charge < -0.3 is 15.4 Å². The summed E-state index contributed by atoms with van der Waals surface area (Å²) >= 11 is 0. The van der Waals surface area contributed by atoms with Crippen LogP contribution in [0.3, 0.4) is 0 Å². The van der Waals surface area contributed by atoms with Gasteiger partial charge in [-0.1, -0.05) is 13.8 Å². The predicted octanol–water partition coefficient (Wildman–Crippen LogP) is 0.526. The largest absolute Gasteiger partial charge is 0.378 e. The summed E-state index contributed by atoms with van der Waals surface area (Å²) in [6.45, 7) is 8.38. The van der Waals surface area contributed by atoms with Crippen molar-refractivity contribution in [3.8, 4) is 0 Å². The van der Waals surface area contributed by atoms with Gasteiger partial charge in [-0.15, -0.1) is 0 Å². The van der Waals surface area contributed by atoms with Gasteiger partial charge in [0.1, 0.15) is 0 Å². The van der Waals surface area contributed by atoms with Gasteiger partial charge in [-0.05, 0) is 13.3 Å². The number of ether oxygens (including phenoxy) is 1. The molecule has 1 rings (SSSR count). The minimum absolute atomic E-state index is 0.0454. The molecule has 0 saturated carbocycles. The van der Waals surface area contributed by atoms with Gasteiger partial charge in [-0.3, -0.25) is 4.79 Å². The second-order valence-corrected chi connectivity index (χ2v) is 4.37. The van der Waals surface area contributed by atoms with Crippen LogP contribution in [0.1, 0.15) is 27.2 Å². The molecule has 0 aromatic heterocycles. The lowest BCUT2D eigenvalue weighted by molar-refractivity contribution is -0.126. The molecule has 0 aromatic rings. The molecule has 0 radical (unpaired) electrons. The van der Waals surface area contributed by atoms with Gasteiger partial charge in [0.05, 0.1) is 12.0 Å². The molecule has 1 saturated heterocycles. The Balaban J connectivity index is 2.13. The normalized spacial score (nSPS) is 25.9. The molecule has 2 N–H and O–H groups in total. The van der Waals surface area contributed by atoms with Crippen LogP contribution < -0.4 is 10.6 Å². The lowest BCUT2D eigenvalue weighted by Gasteiger charge is -2.14. The molecule has 0 bridgehead atoms. The smallest absolute Gasteiger partial charge is 0.225 e. The fraction of sp³-hybridized carbons (Fsp3) is 0.909.